The maximum Gasteiger partial charge on any atom is 0.0546 e. The molecule has 0 heterocycles. The maximum atomic E-state index is 2.43. The van der Waals surface area contributed by atoms with Gasteiger partial charge in [0.15, 0.2) is 0 Å². The number of fused-ring (bicyclic) bond motifs is 5. The number of hydrogen-bond acceptors (Lipinski definition) is 2. The molecule has 11 aromatic carbocycles. The third-order valence-electron chi connectivity index (χ3n) is 13.8. The molecule has 67 heavy (non-hydrogen) atoms. The zero-order chi connectivity index (χ0) is 44.9. The Morgan fingerprint density at radius 2 is 0.791 bits per heavy atom. The molecule has 0 saturated carbocycles. The van der Waals surface area contributed by atoms with Crippen LogP contribution in [0.1, 0.15) is 25.0 Å². The lowest BCUT2D eigenvalue weighted by molar-refractivity contribution is 0.660. The van der Waals surface area contributed by atoms with Gasteiger partial charge in [-0.3, -0.25) is 0 Å². The molecule has 0 spiro atoms. The van der Waals surface area contributed by atoms with Crippen LogP contribution in [0.3, 0.4) is 0 Å². The summed E-state index contributed by atoms with van der Waals surface area (Å²) < 4.78 is 0. The molecule has 2 nitrogen and oxygen atoms in total. The van der Waals surface area contributed by atoms with Gasteiger partial charge in [-0.15, -0.1) is 0 Å². The quantitative estimate of drug-likeness (QED) is 0.143. The van der Waals surface area contributed by atoms with Crippen LogP contribution in [0.15, 0.2) is 255 Å². The minimum Gasteiger partial charge on any atom is -0.310 e. The lowest BCUT2D eigenvalue weighted by Gasteiger charge is -2.29. The largest absolute Gasteiger partial charge is 0.310 e. The fourth-order valence-electron chi connectivity index (χ4n) is 10.4. The van der Waals surface area contributed by atoms with Crippen LogP contribution in [-0.2, 0) is 5.41 Å². The number of nitrogens with zero attached hydrogens (tertiary/aromatic N) is 2. The normalized spacial score (nSPS) is 12.4. The molecule has 318 valence electrons. The zero-order valence-corrected chi connectivity index (χ0v) is 37.6. The van der Waals surface area contributed by atoms with Gasteiger partial charge in [0.1, 0.15) is 0 Å². The monoisotopic (exact) mass is 856 g/mol. The van der Waals surface area contributed by atoms with E-state index in [2.05, 4.69) is 278 Å². The average Bonchev–Trinajstić information content (AvgIpc) is 3.62. The van der Waals surface area contributed by atoms with Crippen LogP contribution in [0.25, 0.3) is 66.1 Å². The van der Waals surface area contributed by atoms with Crippen molar-refractivity contribution in [1.82, 2.24) is 0 Å². The topological polar surface area (TPSA) is 6.48 Å². The van der Waals surface area contributed by atoms with Crippen LogP contribution >= 0.6 is 0 Å². The minimum absolute atomic E-state index is 0.121. The van der Waals surface area contributed by atoms with Gasteiger partial charge in [0.2, 0.25) is 0 Å². The first-order valence-corrected chi connectivity index (χ1v) is 23.2. The summed E-state index contributed by atoms with van der Waals surface area (Å²) in [6.07, 6.45) is 0. The van der Waals surface area contributed by atoms with E-state index in [1.165, 1.54) is 66.1 Å². The number of benzene rings is 11. The van der Waals surface area contributed by atoms with Crippen LogP contribution in [0.2, 0.25) is 0 Å². The Bertz CT molecular complexity index is 3590. The summed E-state index contributed by atoms with van der Waals surface area (Å²) in [7, 11) is 0. The molecule has 2 heteroatoms. The van der Waals surface area contributed by atoms with Gasteiger partial charge in [-0.2, -0.15) is 0 Å². The van der Waals surface area contributed by atoms with Gasteiger partial charge in [0.05, 0.1) is 5.69 Å². The Hall–Kier alpha value is -8.46. The van der Waals surface area contributed by atoms with Gasteiger partial charge in [0, 0.05) is 39.4 Å². The van der Waals surface area contributed by atoms with Gasteiger partial charge in [-0.25, -0.2) is 0 Å². The Labute approximate surface area is 393 Å². The summed E-state index contributed by atoms with van der Waals surface area (Å²) >= 11 is 0. The number of anilines is 6. The fraction of sp³-hybridized carbons (Fsp3) is 0.0462. The van der Waals surface area contributed by atoms with E-state index < -0.39 is 0 Å². The predicted molar refractivity (Wildman–Crippen MR) is 285 cm³/mol. The highest BCUT2D eigenvalue weighted by Gasteiger charge is 2.35. The first kappa shape index (κ1) is 40.1. The third-order valence-corrected chi connectivity index (χ3v) is 13.8. The molecule has 0 unspecified atom stereocenters. The Morgan fingerprint density at radius 1 is 0.284 bits per heavy atom. The second kappa shape index (κ2) is 16.5. The van der Waals surface area contributed by atoms with Crippen molar-refractivity contribution >= 4 is 55.7 Å². The standard InChI is InChI=1S/C65H48N2/c1-65(2)61-27-14-13-26-59(61)60-40-39-57(44-62(60)65)66(53-34-28-47(29-35-53)45-16-5-3-6-17-45)55-24-15-23-52(42-55)48-30-36-54(37-31-48)67(56-38-32-46-18-9-10-22-51(46)43-56)63-41-33-49-19-11-12-25-58(49)64(63)50-20-7-4-8-21-50/h3-44H,1-2H3. The van der Waals surface area contributed by atoms with Crippen molar-refractivity contribution in [3.63, 3.8) is 0 Å². The van der Waals surface area contributed by atoms with Crippen LogP contribution in [0.5, 0.6) is 0 Å². The van der Waals surface area contributed by atoms with E-state index in [9.17, 15) is 0 Å². The van der Waals surface area contributed by atoms with E-state index in [1.54, 1.807) is 0 Å². The lowest BCUT2D eigenvalue weighted by Crippen LogP contribution is -2.16. The highest BCUT2D eigenvalue weighted by molar-refractivity contribution is 6.06. The van der Waals surface area contributed by atoms with Crippen molar-refractivity contribution in [3.05, 3.63) is 266 Å². The zero-order valence-electron chi connectivity index (χ0n) is 37.6. The van der Waals surface area contributed by atoms with Crippen molar-refractivity contribution in [1.29, 1.82) is 0 Å². The molecular formula is C65H48N2. The highest BCUT2D eigenvalue weighted by atomic mass is 15.1. The van der Waals surface area contributed by atoms with Crippen LogP contribution in [-0.4, -0.2) is 0 Å². The minimum atomic E-state index is -0.121. The summed E-state index contributed by atoms with van der Waals surface area (Å²) in [5, 5.41) is 4.86. The van der Waals surface area contributed by atoms with Gasteiger partial charge in [0.25, 0.3) is 0 Å². The van der Waals surface area contributed by atoms with E-state index in [-0.39, 0.29) is 5.41 Å². The van der Waals surface area contributed by atoms with Crippen LogP contribution in [0.4, 0.5) is 34.1 Å². The second-order valence-electron chi connectivity index (χ2n) is 18.2. The van der Waals surface area contributed by atoms with E-state index in [0.717, 1.165) is 45.3 Å². The molecule has 0 atom stereocenters. The van der Waals surface area contributed by atoms with Gasteiger partial charge in [-0.1, -0.05) is 202 Å². The molecule has 12 rings (SSSR count). The van der Waals surface area contributed by atoms with Gasteiger partial charge < -0.3 is 9.80 Å². The second-order valence-corrected chi connectivity index (χ2v) is 18.2. The molecule has 0 aromatic heterocycles. The first-order valence-electron chi connectivity index (χ1n) is 23.2. The lowest BCUT2D eigenvalue weighted by atomic mass is 9.82. The molecule has 0 amide bonds. The van der Waals surface area contributed by atoms with E-state index >= 15 is 0 Å². The highest BCUT2D eigenvalue weighted by Crippen LogP contribution is 2.51. The Balaban J connectivity index is 0.969. The summed E-state index contributed by atoms with van der Waals surface area (Å²) in [5.74, 6) is 0. The smallest absolute Gasteiger partial charge is 0.0546 e. The Morgan fingerprint density at radius 3 is 1.55 bits per heavy atom. The Kier molecular flexibility index (Phi) is 9.88. The maximum absolute atomic E-state index is 2.43. The van der Waals surface area contributed by atoms with Crippen molar-refractivity contribution in [2.24, 2.45) is 0 Å². The third kappa shape index (κ3) is 7.15. The summed E-state index contributed by atoms with van der Waals surface area (Å²) in [5.41, 5.74) is 19.0. The van der Waals surface area contributed by atoms with Crippen molar-refractivity contribution in [3.8, 4) is 44.5 Å². The molecule has 1 aliphatic rings. The summed E-state index contributed by atoms with van der Waals surface area (Å²) in [6, 6.07) is 93.2. The van der Waals surface area contributed by atoms with E-state index in [1.807, 2.05) is 0 Å². The predicted octanol–water partition coefficient (Wildman–Crippen LogP) is 18.2. The molecule has 0 saturated heterocycles. The van der Waals surface area contributed by atoms with Crippen molar-refractivity contribution in [2.45, 2.75) is 19.3 Å². The molecular weight excluding hydrogens is 809 g/mol. The molecule has 11 aromatic rings. The number of hydrogen-bond donors (Lipinski definition) is 0. The van der Waals surface area contributed by atoms with E-state index in [0.29, 0.717) is 0 Å². The van der Waals surface area contributed by atoms with Gasteiger partial charge in [-0.05, 0) is 138 Å². The molecule has 0 fully saturated rings. The summed E-state index contributed by atoms with van der Waals surface area (Å²) in [6.45, 7) is 4.71. The molecule has 0 aliphatic heterocycles. The molecule has 1 aliphatic carbocycles. The van der Waals surface area contributed by atoms with Gasteiger partial charge >= 0.3 is 0 Å². The van der Waals surface area contributed by atoms with Crippen LogP contribution < -0.4 is 9.80 Å². The van der Waals surface area contributed by atoms with Crippen LogP contribution in [0, 0.1) is 0 Å². The van der Waals surface area contributed by atoms with E-state index in [4.69, 9.17) is 0 Å². The summed E-state index contributed by atoms with van der Waals surface area (Å²) in [4.78, 5) is 4.84. The van der Waals surface area contributed by atoms with Crippen molar-refractivity contribution in [2.75, 3.05) is 9.80 Å². The number of rotatable bonds is 9. The molecule has 0 bridgehead atoms. The first-order chi connectivity index (χ1) is 33.0. The van der Waals surface area contributed by atoms with Crippen molar-refractivity contribution < 1.29 is 0 Å². The fourth-order valence-corrected chi connectivity index (χ4v) is 10.4. The molecule has 0 N–H and O–H groups in total. The average molecular weight is 857 g/mol. The SMILES string of the molecule is CC1(C)c2ccccc2-c2ccc(N(c3ccc(-c4ccccc4)cc3)c3cccc(-c4ccc(N(c5ccc6ccccc6c5)c5ccc6ccccc6c5-c5ccccc5)cc4)c3)cc21. The molecule has 0 radical (unpaired) electrons.